The molecule has 0 aromatic heterocycles. The van der Waals surface area contributed by atoms with E-state index in [1.165, 1.54) is 226 Å². The number of benzene rings is 2. The van der Waals surface area contributed by atoms with Gasteiger partial charge in [-0.15, -0.1) is 4.79 Å². The van der Waals surface area contributed by atoms with Crippen LogP contribution >= 0.6 is 0 Å². The average Bonchev–Trinajstić information content (AvgIpc) is 3.33. The number of unbranched alkanes of at least 4 members (excludes halogenated alkanes) is 30. The van der Waals surface area contributed by atoms with Crippen LogP contribution in [-0.2, 0) is 29.3 Å². The molecule has 0 aliphatic heterocycles. The van der Waals surface area contributed by atoms with Crippen LogP contribution in [-0.4, -0.2) is 10.7 Å². The van der Waals surface area contributed by atoms with Crippen molar-refractivity contribution in [2.75, 3.05) is 0 Å². The molecule has 0 saturated heterocycles. The minimum absolute atomic E-state index is 0. The predicted octanol–water partition coefficient (Wildman–Crippen LogP) is 21.6. The molecular weight excluding hydrogens is 843 g/mol. The molecule has 2 nitrogen and oxygen atoms in total. The maximum atomic E-state index is 9.44. The van der Waals surface area contributed by atoms with Crippen LogP contribution in [0, 0.1) is 13.8 Å². The van der Waals surface area contributed by atoms with Gasteiger partial charge in [-0.25, -0.2) is 0 Å². The maximum Gasteiger partial charge on any atom is 2.00 e. The van der Waals surface area contributed by atoms with Gasteiger partial charge in [-0.05, 0) is 78.3 Å². The number of allylic oxidation sites excluding steroid dienone is 2. The third-order valence-corrected chi connectivity index (χ3v) is 13.1. The van der Waals surface area contributed by atoms with Gasteiger partial charge in [0.05, 0.1) is 5.57 Å². The molecule has 0 radical (unpaired) electrons. The summed E-state index contributed by atoms with van der Waals surface area (Å²) in [6.45, 7) is 21.2. The second-order valence-electron chi connectivity index (χ2n) is 19.1. The molecule has 2 rings (SSSR count). The number of rotatable bonds is 40. The summed E-state index contributed by atoms with van der Waals surface area (Å²) in [5.41, 5.74) is 18.2. The van der Waals surface area contributed by atoms with Crippen molar-refractivity contribution in [2.45, 2.75) is 292 Å². The van der Waals surface area contributed by atoms with Crippen LogP contribution in [0.5, 0.6) is 0 Å². The summed E-state index contributed by atoms with van der Waals surface area (Å²) in [5.74, 6) is 2.97. The zero-order chi connectivity index (χ0) is 47.7. The molecule has 0 saturated carbocycles. The van der Waals surface area contributed by atoms with Crippen LogP contribution in [0.1, 0.15) is 301 Å². The Morgan fingerprint density at radius 3 is 1.08 bits per heavy atom. The second kappa shape index (κ2) is 52.2. The van der Waals surface area contributed by atoms with E-state index >= 15 is 0 Å². The monoisotopic (exact) mass is 951 g/mol. The average molecular weight is 952 g/mol. The molecule has 0 amide bonds. The molecule has 66 heavy (non-hydrogen) atoms. The molecule has 0 aliphatic carbocycles. The van der Waals surface area contributed by atoms with Crippen LogP contribution in [0.25, 0.3) is 11.1 Å². The van der Waals surface area contributed by atoms with E-state index in [1.54, 1.807) is 0 Å². The second-order valence-corrected chi connectivity index (χ2v) is 19.1. The first-order valence-electron chi connectivity index (χ1n) is 28.5. The summed E-state index contributed by atoms with van der Waals surface area (Å²) in [7, 11) is 0. The Bertz CT molecular complexity index is 1350. The van der Waals surface area contributed by atoms with E-state index in [0.29, 0.717) is 0 Å². The van der Waals surface area contributed by atoms with Crippen molar-refractivity contribution in [1.29, 1.82) is 0 Å². The van der Waals surface area contributed by atoms with Gasteiger partial charge >= 0.3 is 22.4 Å². The van der Waals surface area contributed by atoms with E-state index in [2.05, 4.69) is 115 Å². The number of hydrogen-bond donors (Lipinski definition) is 0. The van der Waals surface area contributed by atoms with E-state index in [-0.39, 0.29) is 16.5 Å². The van der Waals surface area contributed by atoms with Crippen molar-refractivity contribution in [3.05, 3.63) is 101 Å². The van der Waals surface area contributed by atoms with Gasteiger partial charge in [0.1, 0.15) is 0 Å². The largest absolute Gasteiger partial charge is 2.00 e. The Hall–Kier alpha value is -2.17. The summed E-state index contributed by atoms with van der Waals surface area (Å²) >= 11 is 0. The van der Waals surface area contributed by atoms with Crippen molar-refractivity contribution >= 4 is 11.4 Å². The Morgan fingerprint density at radius 2 is 0.742 bits per heavy atom. The van der Waals surface area contributed by atoms with Gasteiger partial charge in [0.2, 0.25) is 0 Å². The topological polar surface area (TPSA) is 36.4 Å². The maximum absolute atomic E-state index is 9.44. The zero-order valence-corrected chi connectivity index (χ0v) is 45.8. The van der Waals surface area contributed by atoms with Gasteiger partial charge in [0.25, 0.3) is 0 Å². The van der Waals surface area contributed by atoms with E-state index < -0.39 is 0 Å². The first kappa shape index (κ1) is 65.9. The fourth-order valence-corrected chi connectivity index (χ4v) is 8.70. The molecule has 0 atom stereocenters. The standard InChI is InChI=1S/C31H42N2.2C16H33.Ni/c1-5-9-12-15-30(29(24-33-32)14-11-7-3)31(27-20-16-25(8-4)17-21-27)28-22-18-26(19-23-28)13-10-6-2;2*1-3-5-7-9-11-13-15-16-14-12-10-8-6-4-2;/h16-23H,5-15H2,1-4H3;2*1,3-16H2,2H3;/q;2*-1;+2. The molecule has 380 valence electrons. The van der Waals surface area contributed by atoms with Gasteiger partial charge in [0, 0.05) is 0 Å². The first-order chi connectivity index (χ1) is 32.0. The number of nitrogens with zero attached hydrogens (tertiary/aromatic N) is 2. The summed E-state index contributed by atoms with van der Waals surface area (Å²) in [6, 6.07) is 18.1. The number of aryl methyl sites for hydroxylation is 2. The van der Waals surface area contributed by atoms with Crippen LogP contribution in [0.4, 0.5) is 0 Å². The zero-order valence-electron chi connectivity index (χ0n) is 44.8. The SMILES string of the molecule is CCCCCC(C(=C=[N+]=[N-])CCCC)=C(c1ccc(CC)cc1)c1ccc(CCCC)cc1.[CH2-]CCCCCCCCCCCCCCC.[CH2-]CCCCCCCCCCCCCCC.[Ni+2]. The number of hydrogen-bond acceptors (Lipinski definition) is 0. The van der Waals surface area contributed by atoms with Gasteiger partial charge in [-0.1, -0.05) is 283 Å². The molecule has 0 spiro atoms. The third-order valence-electron chi connectivity index (χ3n) is 13.1. The molecule has 0 bridgehead atoms. The van der Waals surface area contributed by atoms with E-state index in [1.807, 2.05) is 0 Å². The summed E-state index contributed by atoms with van der Waals surface area (Å²) in [4.78, 5) is 3.36. The molecule has 0 aliphatic rings. The van der Waals surface area contributed by atoms with Gasteiger partial charge in [-0.3, -0.25) is 0 Å². The third kappa shape index (κ3) is 37.8. The van der Waals surface area contributed by atoms with Crippen molar-refractivity contribution in [1.82, 2.24) is 0 Å². The predicted molar refractivity (Wildman–Crippen MR) is 294 cm³/mol. The van der Waals surface area contributed by atoms with Crippen LogP contribution < -0.4 is 0 Å². The van der Waals surface area contributed by atoms with E-state index in [0.717, 1.165) is 63.4 Å². The van der Waals surface area contributed by atoms with Crippen LogP contribution in [0.2, 0.25) is 0 Å². The summed E-state index contributed by atoms with van der Waals surface area (Å²) in [5, 5.41) is 0. The summed E-state index contributed by atoms with van der Waals surface area (Å²) in [6.07, 6.45) is 51.8. The van der Waals surface area contributed by atoms with E-state index in [4.69, 9.17) is 0 Å². The molecule has 2 aromatic rings. The molecule has 0 N–H and O–H groups in total. The minimum atomic E-state index is 0. The smallest absolute Gasteiger partial charge is 0.348 e. The summed E-state index contributed by atoms with van der Waals surface area (Å²) < 4.78 is 0. The van der Waals surface area contributed by atoms with Gasteiger partial charge in [0.15, 0.2) is 0 Å². The normalized spacial score (nSPS) is 11.0. The fraction of sp³-hybridized carbons (Fsp3) is 0.714. The molecule has 0 unspecified atom stereocenters. The fourth-order valence-electron chi connectivity index (χ4n) is 8.70. The Morgan fingerprint density at radius 1 is 0.409 bits per heavy atom. The molecule has 0 fully saturated rings. The molecular formula is C63H108N2Ni. The van der Waals surface area contributed by atoms with Crippen molar-refractivity contribution < 1.29 is 21.3 Å². The van der Waals surface area contributed by atoms with Crippen LogP contribution in [0.15, 0.2) is 59.7 Å². The molecule has 3 heteroatoms. The Kier molecular flexibility index (Phi) is 52.1. The first-order valence-corrected chi connectivity index (χ1v) is 28.5. The van der Waals surface area contributed by atoms with Crippen molar-refractivity contribution in [2.24, 2.45) is 0 Å². The minimum Gasteiger partial charge on any atom is -0.348 e. The van der Waals surface area contributed by atoms with Crippen molar-refractivity contribution in [3.63, 3.8) is 0 Å². The molecule has 0 heterocycles. The van der Waals surface area contributed by atoms with Gasteiger partial charge < -0.3 is 19.4 Å². The van der Waals surface area contributed by atoms with Gasteiger partial charge in [-0.2, -0.15) is 12.8 Å². The van der Waals surface area contributed by atoms with Crippen molar-refractivity contribution in [3.8, 4) is 0 Å². The molecule has 2 aromatic carbocycles. The Balaban J connectivity index is 0. The van der Waals surface area contributed by atoms with Crippen LogP contribution in [0.3, 0.4) is 0 Å². The Labute approximate surface area is 423 Å². The van der Waals surface area contributed by atoms with E-state index in [9.17, 15) is 5.53 Å². The quantitative estimate of drug-likeness (QED) is 0.0121.